The molecule has 29 heavy (non-hydrogen) atoms. The van der Waals surface area contributed by atoms with Crippen LogP contribution >= 0.6 is 0 Å². The molecule has 0 bridgehead atoms. The number of rotatable bonds is 6. The molecule has 0 spiro atoms. The first-order chi connectivity index (χ1) is 14.2. The maximum Gasteiger partial charge on any atom is 0.265 e. The minimum atomic E-state index is -0.0952. The van der Waals surface area contributed by atoms with Gasteiger partial charge < -0.3 is 14.5 Å². The van der Waals surface area contributed by atoms with Crippen molar-refractivity contribution >= 4 is 17.5 Å². The molecule has 4 rings (SSSR count). The maximum atomic E-state index is 12.7. The van der Waals surface area contributed by atoms with Gasteiger partial charge in [0, 0.05) is 45.7 Å². The third-order valence-corrected chi connectivity index (χ3v) is 5.64. The van der Waals surface area contributed by atoms with Crippen molar-refractivity contribution in [2.75, 3.05) is 50.8 Å². The lowest BCUT2D eigenvalue weighted by molar-refractivity contribution is -0.132. The van der Waals surface area contributed by atoms with Crippen molar-refractivity contribution in [3.63, 3.8) is 0 Å². The summed E-state index contributed by atoms with van der Waals surface area (Å²) in [5.41, 5.74) is 2.10. The summed E-state index contributed by atoms with van der Waals surface area (Å²) in [6.07, 6.45) is 1.37. The number of piperazine rings is 1. The molecular formula is C23H27N3O3. The zero-order valence-electron chi connectivity index (χ0n) is 16.6. The van der Waals surface area contributed by atoms with Crippen LogP contribution in [0.25, 0.3) is 0 Å². The Hall–Kier alpha value is -2.86. The predicted molar refractivity (Wildman–Crippen MR) is 112 cm³/mol. The summed E-state index contributed by atoms with van der Waals surface area (Å²) < 4.78 is 5.46. The minimum absolute atomic E-state index is 0.0330. The molecule has 6 nitrogen and oxygen atoms in total. The van der Waals surface area contributed by atoms with Gasteiger partial charge in [-0.1, -0.05) is 42.5 Å². The number of anilines is 1. The predicted octanol–water partition coefficient (Wildman–Crippen LogP) is 2.19. The average Bonchev–Trinajstić information content (AvgIpc) is 2.78. The van der Waals surface area contributed by atoms with E-state index in [0.717, 1.165) is 44.8 Å². The van der Waals surface area contributed by atoms with Crippen LogP contribution in [0.3, 0.4) is 0 Å². The number of nitrogens with zero attached hydrogens (tertiary/aromatic N) is 3. The molecule has 152 valence electrons. The number of hydrogen-bond acceptors (Lipinski definition) is 4. The van der Waals surface area contributed by atoms with Gasteiger partial charge in [-0.3, -0.25) is 14.5 Å². The Morgan fingerprint density at radius 3 is 2.41 bits per heavy atom. The second-order valence-corrected chi connectivity index (χ2v) is 7.51. The van der Waals surface area contributed by atoms with Crippen molar-refractivity contribution in [3.05, 3.63) is 60.2 Å². The highest BCUT2D eigenvalue weighted by molar-refractivity contribution is 5.98. The Bertz CT molecular complexity index is 847. The van der Waals surface area contributed by atoms with E-state index in [1.54, 1.807) is 4.90 Å². The highest BCUT2D eigenvalue weighted by Crippen LogP contribution is 2.31. The third kappa shape index (κ3) is 4.77. The van der Waals surface area contributed by atoms with Crippen LogP contribution in [0.15, 0.2) is 54.6 Å². The molecule has 1 fully saturated rings. The van der Waals surface area contributed by atoms with Crippen LogP contribution < -0.4 is 9.64 Å². The van der Waals surface area contributed by atoms with Crippen molar-refractivity contribution in [1.82, 2.24) is 9.80 Å². The number of fused-ring (bicyclic) bond motifs is 1. The van der Waals surface area contributed by atoms with Crippen molar-refractivity contribution < 1.29 is 14.3 Å². The molecule has 2 aliphatic rings. The molecule has 0 unspecified atom stereocenters. The molecule has 2 aromatic rings. The van der Waals surface area contributed by atoms with Crippen LogP contribution in [-0.4, -0.2) is 67.5 Å². The molecule has 1 saturated heterocycles. The van der Waals surface area contributed by atoms with Gasteiger partial charge in [-0.25, -0.2) is 0 Å². The number of amides is 2. The van der Waals surface area contributed by atoms with Gasteiger partial charge in [0.05, 0.1) is 5.69 Å². The SMILES string of the molecule is O=C(CCN1C(=O)COc2ccccc21)N1CCN(CCc2ccccc2)CC1. The topological polar surface area (TPSA) is 53.1 Å². The number of carbonyl (C=O) groups excluding carboxylic acids is 2. The molecule has 0 aliphatic carbocycles. The summed E-state index contributed by atoms with van der Waals surface area (Å²) in [5.74, 6) is 0.721. The Morgan fingerprint density at radius 2 is 1.62 bits per heavy atom. The van der Waals surface area contributed by atoms with Crippen molar-refractivity contribution in [2.24, 2.45) is 0 Å². The zero-order chi connectivity index (χ0) is 20.1. The lowest BCUT2D eigenvalue weighted by Gasteiger charge is -2.35. The van der Waals surface area contributed by atoms with E-state index in [9.17, 15) is 9.59 Å². The van der Waals surface area contributed by atoms with Crippen LogP contribution in [0, 0.1) is 0 Å². The van der Waals surface area contributed by atoms with Crippen LogP contribution in [0.1, 0.15) is 12.0 Å². The third-order valence-electron chi connectivity index (χ3n) is 5.64. The molecule has 0 saturated carbocycles. The summed E-state index contributed by atoms with van der Waals surface area (Å²) in [6.45, 7) is 4.75. The van der Waals surface area contributed by atoms with Gasteiger partial charge in [-0.05, 0) is 24.1 Å². The number of para-hydroxylation sites is 2. The summed E-state index contributed by atoms with van der Waals surface area (Å²) in [4.78, 5) is 30.9. The lowest BCUT2D eigenvalue weighted by atomic mass is 10.1. The number of benzene rings is 2. The van der Waals surface area contributed by atoms with Crippen molar-refractivity contribution in [3.8, 4) is 5.75 Å². The summed E-state index contributed by atoms with van der Waals surface area (Å²) in [5, 5.41) is 0. The molecule has 2 heterocycles. The van der Waals surface area contributed by atoms with Crippen LogP contribution in [-0.2, 0) is 16.0 Å². The first kappa shape index (κ1) is 19.5. The molecule has 2 amide bonds. The molecule has 6 heteroatoms. The fraction of sp³-hybridized carbons (Fsp3) is 0.391. The molecular weight excluding hydrogens is 366 g/mol. The molecule has 0 atom stereocenters. The van der Waals surface area contributed by atoms with Gasteiger partial charge in [0.2, 0.25) is 5.91 Å². The zero-order valence-corrected chi connectivity index (χ0v) is 16.6. The number of carbonyl (C=O) groups is 2. The highest BCUT2D eigenvalue weighted by Gasteiger charge is 2.27. The minimum Gasteiger partial charge on any atom is -0.482 e. The second-order valence-electron chi connectivity index (χ2n) is 7.51. The maximum absolute atomic E-state index is 12.7. The van der Waals surface area contributed by atoms with Crippen LogP contribution in [0.4, 0.5) is 5.69 Å². The van der Waals surface area contributed by atoms with Crippen molar-refractivity contribution in [1.29, 1.82) is 0 Å². The molecule has 0 aromatic heterocycles. The van der Waals surface area contributed by atoms with E-state index in [-0.39, 0.29) is 18.4 Å². The Kier molecular flexibility index (Phi) is 6.10. The fourth-order valence-electron chi connectivity index (χ4n) is 3.92. The number of hydrogen-bond donors (Lipinski definition) is 0. The van der Waals surface area contributed by atoms with E-state index in [0.29, 0.717) is 18.7 Å². The standard InChI is InChI=1S/C23H27N3O3/c27-22(11-13-26-20-8-4-5-9-21(20)29-18-23(26)28)25-16-14-24(15-17-25)12-10-19-6-2-1-3-7-19/h1-9H,10-18H2. The Morgan fingerprint density at radius 1 is 0.897 bits per heavy atom. The van der Waals surface area contributed by atoms with E-state index in [1.165, 1.54) is 5.56 Å². The first-order valence-corrected chi connectivity index (χ1v) is 10.3. The van der Waals surface area contributed by atoms with E-state index in [2.05, 4.69) is 29.2 Å². The normalized spacial score (nSPS) is 17.0. The van der Waals surface area contributed by atoms with Gasteiger partial charge >= 0.3 is 0 Å². The molecule has 0 N–H and O–H groups in total. The van der Waals surface area contributed by atoms with E-state index in [4.69, 9.17) is 4.74 Å². The van der Waals surface area contributed by atoms with Gasteiger partial charge in [0.15, 0.2) is 6.61 Å². The largest absolute Gasteiger partial charge is 0.482 e. The summed E-state index contributed by atoms with van der Waals surface area (Å²) in [6, 6.07) is 18.0. The Balaban J connectivity index is 1.24. The van der Waals surface area contributed by atoms with E-state index in [1.807, 2.05) is 35.2 Å². The second kappa shape index (κ2) is 9.09. The average molecular weight is 393 g/mol. The fourth-order valence-corrected chi connectivity index (χ4v) is 3.92. The molecule has 2 aliphatic heterocycles. The highest BCUT2D eigenvalue weighted by atomic mass is 16.5. The molecule has 0 radical (unpaired) electrons. The monoisotopic (exact) mass is 393 g/mol. The number of ether oxygens (including phenoxy) is 1. The van der Waals surface area contributed by atoms with Gasteiger partial charge in [-0.2, -0.15) is 0 Å². The quantitative estimate of drug-likeness (QED) is 0.755. The Labute approximate surface area is 171 Å². The van der Waals surface area contributed by atoms with Crippen LogP contribution in [0.5, 0.6) is 5.75 Å². The van der Waals surface area contributed by atoms with Gasteiger partial charge in [0.1, 0.15) is 5.75 Å². The van der Waals surface area contributed by atoms with Crippen molar-refractivity contribution in [2.45, 2.75) is 12.8 Å². The molecule has 2 aromatic carbocycles. The van der Waals surface area contributed by atoms with Gasteiger partial charge in [0.25, 0.3) is 5.91 Å². The lowest BCUT2D eigenvalue weighted by Crippen LogP contribution is -2.50. The summed E-state index contributed by atoms with van der Waals surface area (Å²) >= 11 is 0. The summed E-state index contributed by atoms with van der Waals surface area (Å²) in [7, 11) is 0. The first-order valence-electron chi connectivity index (χ1n) is 10.3. The van der Waals surface area contributed by atoms with Gasteiger partial charge in [-0.15, -0.1) is 0 Å². The van der Waals surface area contributed by atoms with E-state index >= 15 is 0 Å². The smallest absolute Gasteiger partial charge is 0.265 e. The van der Waals surface area contributed by atoms with E-state index < -0.39 is 0 Å². The van der Waals surface area contributed by atoms with Crippen LogP contribution in [0.2, 0.25) is 0 Å².